The molecule has 0 saturated heterocycles. The van der Waals surface area contributed by atoms with Gasteiger partial charge in [-0.25, -0.2) is 0 Å². The zero-order valence-electron chi connectivity index (χ0n) is 6.67. The molecule has 2 nitrogen and oxygen atoms in total. The minimum Gasteiger partial charge on any atom is -0.508 e. The molecule has 0 bridgehead atoms. The lowest BCUT2D eigenvalue weighted by Gasteiger charge is -2.02. The first kappa shape index (κ1) is 7.92. The van der Waals surface area contributed by atoms with E-state index in [-0.39, 0.29) is 0 Å². The average molecular weight is 151 g/mol. The zero-order valence-corrected chi connectivity index (χ0v) is 6.67. The fourth-order valence-corrected chi connectivity index (χ4v) is 1.06. The second-order valence-electron chi connectivity index (χ2n) is 2.64. The Kier molecular flexibility index (Phi) is 2.36. The summed E-state index contributed by atoms with van der Waals surface area (Å²) in [5.41, 5.74) is 7.05. The molecule has 0 aromatic heterocycles. The molecular formula is C9H13NO. The third kappa shape index (κ3) is 1.87. The van der Waals surface area contributed by atoms with Crippen molar-refractivity contribution in [1.82, 2.24) is 0 Å². The monoisotopic (exact) mass is 151 g/mol. The van der Waals surface area contributed by atoms with Crippen molar-refractivity contribution in [3.8, 4) is 5.75 Å². The summed E-state index contributed by atoms with van der Waals surface area (Å²) in [5, 5.41) is 9.34. The van der Waals surface area contributed by atoms with E-state index in [9.17, 15) is 5.11 Å². The second-order valence-corrected chi connectivity index (χ2v) is 2.64. The van der Waals surface area contributed by atoms with Crippen LogP contribution in [-0.4, -0.2) is 5.11 Å². The SMILES string of the molecule is CCCc1ccc(N)cc1O. The molecule has 0 amide bonds. The number of phenols is 1. The summed E-state index contributed by atoms with van der Waals surface area (Å²) in [6, 6.07) is 5.27. The van der Waals surface area contributed by atoms with Crippen molar-refractivity contribution in [2.45, 2.75) is 19.8 Å². The van der Waals surface area contributed by atoms with Gasteiger partial charge in [0.25, 0.3) is 0 Å². The lowest BCUT2D eigenvalue weighted by Crippen LogP contribution is -1.88. The molecule has 0 aliphatic rings. The Balaban J connectivity index is 2.90. The van der Waals surface area contributed by atoms with Crippen LogP contribution < -0.4 is 5.73 Å². The summed E-state index contributed by atoms with van der Waals surface area (Å²) in [6.07, 6.45) is 1.95. The van der Waals surface area contributed by atoms with Gasteiger partial charge in [0.05, 0.1) is 0 Å². The number of anilines is 1. The lowest BCUT2D eigenvalue weighted by atomic mass is 10.1. The van der Waals surface area contributed by atoms with Crippen LogP contribution in [0.15, 0.2) is 18.2 Å². The zero-order chi connectivity index (χ0) is 8.27. The highest BCUT2D eigenvalue weighted by molar-refractivity contribution is 5.47. The maximum absolute atomic E-state index is 9.34. The van der Waals surface area contributed by atoms with Gasteiger partial charge >= 0.3 is 0 Å². The maximum Gasteiger partial charge on any atom is 0.120 e. The first-order chi connectivity index (χ1) is 5.24. The average Bonchev–Trinajstić information content (AvgIpc) is 1.95. The molecule has 2 heteroatoms. The number of hydrogen-bond acceptors (Lipinski definition) is 2. The van der Waals surface area contributed by atoms with Gasteiger partial charge in [-0.05, 0) is 18.1 Å². The van der Waals surface area contributed by atoms with E-state index >= 15 is 0 Å². The van der Waals surface area contributed by atoms with Crippen LogP contribution in [0.1, 0.15) is 18.9 Å². The molecule has 0 saturated carbocycles. The maximum atomic E-state index is 9.34. The number of benzene rings is 1. The molecule has 1 aromatic rings. The van der Waals surface area contributed by atoms with Gasteiger partial charge in [0.1, 0.15) is 5.75 Å². The molecule has 1 rings (SSSR count). The Morgan fingerprint density at radius 3 is 2.73 bits per heavy atom. The van der Waals surface area contributed by atoms with Crippen LogP contribution in [0.5, 0.6) is 5.75 Å². The van der Waals surface area contributed by atoms with E-state index in [1.807, 2.05) is 12.1 Å². The molecule has 0 radical (unpaired) electrons. The number of nitrogens with two attached hydrogens (primary N) is 1. The van der Waals surface area contributed by atoms with E-state index in [2.05, 4.69) is 6.92 Å². The molecule has 0 unspecified atom stereocenters. The van der Waals surface area contributed by atoms with Crippen molar-refractivity contribution in [3.05, 3.63) is 23.8 Å². The van der Waals surface area contributed by atoms with Gasteiger partial charge < -0.3 is 10.8 Å². The fourth-order valence-electron chi connectivity index (χ4n) is 1.06. The van der Waals surface area contributed by atoms with Crippen LogP contribution >= 0.6 is 0 Å². The molecule has 0 heterocycles. The van der Waals surface area contributed by atoms with E-state index in [0.717, 1.165) is 18.4 Å². The molecular weight excluding hydrogens is 138 g/mol. The van der Waals surface area contributed by atoms with Crippen LogP contribution in [-0.2, 0) is 6.42 Å². The summed E-state index contributed by atoms with van der Waals surface area (Å²) >= 11 is 0. The minimum atomic E-state index is 0.312. The van der Waals surface area contributed by atoms with Crippen molar-refractivity contribution in [1.29, 1.82) is 0 Å². The number of nitrogen functional groups attached to an aromatic ring is 1. The highest BCUT2D eigenvalue weighted by Gasteiger charge is 1.98. The highest BCUT2D eigenvalue weighted by atomic mass is 16.3. The Morgan fingerprint density at radius 2 is 2.18 bits per heavy atom. The van der Waals surface area contributed by atoms with Gasteiger partial charge in [0.15, 0.2) is 0 Å². The van der Waals surface area contributed by atoms with E-state index in [4.69, 9.17) is 5.73 Å². The van der Waals surface area contributed by atoms with Gasteiger partial charge in [0, 0.05) is 11.8 Å². The number of aryl methyl sites for hydroxylation is 1. The molecule has 0 spiro atoms. The van der Waals surface area contributed by atoms with Crippen LogP contribution in [0.2, 0.25) is 0 Å². The smallest absolute Gasteiger partial charge is 0.120 e. The summed E-state index contributed by atoms with van der Waals surface area (Å²) in [6.45, 7) is 2.08. The molecule has 3 N–H and O–H groups in total. The molecule has 0 atom stereocenters. The predicted octanol–water partition coefficient (Wildman–Crippen LogP) is 1.93. The van der Waals surface area contributed by atoms with E-state index < -0.39 is 0 Å². The number of hydrogen-bond donors (Lipinski definition) is 2. The van der Waals surface area contributed by atoms with Gasteiger partial charge in [-0.15, -0.1) is 0 Å². The van der Waals surface area contributed by atoms with E-state index in [1.165, 1.54) is 0 Å². The van der Waals surface area contributed by atoms with Crippen molar-refractivity contribution in [2.24, 2.45) is 0 Å². The van der Waals surface area contributed by atoms with Gasteiger partial charge in [-0.3, -0.25) is 0 Å². The van der Waals surface area contributed by atoms with Gasteiger partial charge in [-0.1, -0.05) is 19.4 Å². The first-order valence-electron chi connectivity index (χ1n) is 3.81. The Hall–Kier alpha value is -1.18. The van der Waals surface area contributed by atoms with Crippen molar-refractivity contribution in [3.63, 3.8) is 0 Å². The van der Waals surface area contributed by atoms with E-state index in [0.29, 0.717) is 11.4 Å². The molecule has 1 aromatic carbocycles. The summed E-state index contributed by atoms with van der Waals surface area (Å²) in [5.74, 6) is 0.312. The summed E-state index contributed by atoms with van der Waals surface area (Å²) < 4.78 is 0. The van der Waals surface area contributed by atoms with Crippen LogP contribution in [0.3, 0.4) is 0 Å². The molecule has 0 fully saturated rings. The normalized spacial score (nSPS) is 9.91. The number of aromatic hydroxyl groups is 1. The molecule has 0 aliphatic carbocycles. The first-order valence-corrected chi connectivity index (χ1v) is 3.81. The van der Waals surface area contributed by atoms with Crippen LogP contribution in [0.25, 0.3) is 0 Å². The lowest BCUT2D eigenvalue weighted by molar-refractivity contribution is 0.468. The van der Waals surface area contributed by atoms with Gasteiger partial charge in [-0.2, -0.15) is 0 Å². The molecule has 60 valence electrons. The third-order valence-corrected chi connectivity index (χ3v) is 1.63. The second kappa shape index (κ2) is 3.28. The third-order valence-electron chi connectivity index (χ3n) is 1.63. The highest BCUT2D eigenvalue weighted by Crippen LogP contribution is 2.20. The summed E-state index contributed by atoms with van der Waals surface area (Å²) in [7, 11) is 0. The van der Waals surface area contributed by atoms with Crippen LogP contribution in [0.4, 0.5) is 5.69 Å². The fraction of sp³-hybridized carbons (Fsp3) is 0.333. The molecule has 11 heavy (non-hydrogen) atoms. The quantitative estimate of drug-likeness (QED) is 0.634. The standard InChI is InChI=1S/C9H13NO/c1-2-3-7-4-5-8(10)6-9(7)11/h4-6,11H,2-3,10H2,1H3. The Morgan fingerprint density at radius 1 is 1.45 bits per heavy atom. The van der Waals surface area contributed by atoms with Crippen molar-refractivity contribution in [2.75, 3.05) is 5.73 Å². The van der Waals surface area contributed by atoms with Crippen molar-refractivity contribution >= 4 is 5.69 Å². The van der Waals surface area contributed by atoms with Crippen LogP contribution in [0, 0.1) is 0 Å². The topological polar surface area (TPSA) is 46.2 Å². The number of rotatable bonds is 2. The number of phenolic OH excluding ortho intramolecular Hbond substituents is 1. The minimum absolute atomic E-state index is 0.312. The Bertz CT molecular complexity index is 245. The van der Waals surface area contributed by atoms with E-state index in [1.54, 1.807) is 6.07 Å². The summed E-state index contributed by atoms with van der Waals surface area (Å²) in [4.78, 5) is 0. The van der Waals surface area contributed by atoms with Crippen molar-refractivity contribution < 1.29 is 5.11 Å². The molecule has 0 aliphatic heterocycles. The largest absolute Gasteiger partial charge is 0.508 e. The van der Waals surface area contributed by atoms with Gasteiger partial charge in [0.2, 0.25) is 0 Å². The Labute approximate surface area is 66.7 Å². The predicted molar refractivity (Wildman–Crippen MR) is 46.5 cm³/mol.